The molecule has 0 aromatic heterocycles. The number of nitrogens with two attached hydrogens (primary N) is 2. The second kappa shape index (κ2) is 4.78. The Kier molecular flexibility index (Phi) is 4.75. The molecule has 0 radical (unpaired) electrons. The predicted molar refractivity (Wildman–Crippen MR) is 40.2 cm³/mol. The first-order valence-corrected chi connectivity index (χ1v) is 3.66. The number of carbonyl (C=O) groups excluding carboxylic acids is 1. The largest absolute Gasteiger partial charge is 0.329 e. The van der Waals surface area contributed by atoms with Gasteiger partial charge in [0.15, 0.2) is 5.12 Å². The molecule has 0 atom stereocenters. The Balaban J connectivity index is 3.43. The molecule has 0 aromatic rings. The second-order valence-electron chi connectivity index (χ2n) is 1.70. The van der Waals surface area contributed by atoms with Crippen LogP contribution in [0.1, 0.15) is 6.92 Å². The molecule has 0 aromatic carbocycles. The quantitative estimate of drug-likeness (QED) is 0.569. The molecule has 0 bridgehead atoms. The van der Waals surface area contributed by atoms with Gasteiger partial charge in [-0.1, -0.05) is 11.8 Å². The molecule has 0 fully saturated rings. The highest BCUT2D eigenvalue weighted by Crippen LogP contribution is 2.07. The molecular formula is C5H12N2OS. The van der Waals surface area contributed by atoms with Crippen molar-refractivity contribution in [2.24, 2.45) is 11.5 Å². The van der Waals surface area contributed by atoms with Gasteiger partial charge in [-0.3, -0.25) is 4.79 Å². The Hall–Kier alpha value is -0.0600. The summed E-state index contributed by atoms with van der Waals surface area (Å²) >= 11 is 1.21. The van der Waals surface area contributed by atoms with Gasteiger partial charge in [-0.15, -0.1) is 0 Å². The van der Waals surface area contributed by atoms with Crippen molar-refractivity contribution in [1.29, 1.82) is 0 Å². The van der Waals surface area contributed by atoms with Crippen molar-refractivity contribution in [2.45, 2.75) is 12.2 Å². The van der Waals surface area contributed by atoms with Crippen LogP contribution < -0.4 is 11.5 Å². The van der Waals surface area contributed by atoms with E-state index in [1.807, 2.05) is 0 Å². The van der Waals surface area contributed by atoms with Gasteiger partial charge in [-0.2, -0.15) is 0 Å². The average molecular weight is 148 g/mol. The van der Waals surface area contributed by atoms with E-state index in [1.54, 1.807) is 0 Å². The highest BCUT2D eigenvalue weighted by atomic mass is 32.2. The molecule has 0 saturated heterocycles. The third kappa shape index (κ3) is 4.44. The fraction of sp³-hybridized carbons (Fsp3) is 0.800. The Morgan fingerprint density at radius 3 is 2.11 bits per heavy atom. The summed E-state index contributed by atoms with van der Waals surface area (Å²) in [6.07, 6.45) is 0. The summed E-state index contributed by atoms with van der Waals surface area (Å²) < 4.78 is 0. The van der Waals surface area contributed by atoms with Crippen molar-refractivity contribution >= 4 is 16.9 Å². The van der Waals surface area contributed by atoms with E-state index in [2.05, 4.69) is 0 Å². The number of thioether (sulfide) groups is 1. The van der Waals surface area contributed by atoms with E-state index in [9.17, 15) is 4.79 Å². The molecule has 0 aliphatic heterocycles. The maximum Gasteiger partial charge on any atom is 0.186 e. The van der Waals surface area contributed by atoms with Crippen molar-refractivity contribution < 1.29 is 4.79 Å². The lowest BCUT2D eigenvalue weighted by atomic mass is 10.4. The summed E-state index contributed by atoms with van der Waals surface area (Å²) in [6, 6.07) is 0. The first-order chi connectivity index (χ1) is 4.20. The monoisotopic (exact) mass is 148 g/mol. The van der Waals surface area contributed by atoms with Gasteiger partial charge < -0.3 is 11.5 Å². The molecule has 54 valence electrons. The second-order valence-corrected chi connectivity index (χ2v) is 3.18. The third-order valence-electron chi connectivity index (χ3n) is 0.858. The maximum absolute atomic E-state index is 10.4. The smallest absolute Gasteiger partial charge is 0.186 e. The molecule has 0 aliphatic carbocycles. The van der Waals surface area contributed by atoms with Crippen LogP contribution >= 0.6 is 11.8 Å². The summed E-state index contributed by atoms with van der Waals surface area (Å²) in [4.78, 5) is 10.4. The van der Waals surface area contributed by atoms with Crippen molar-refractivity contribution in [3.05, 3.63) is 0 Å². The van der Waals surface area contributed by atoms with Crippen LogP contribution in [0, 0.1) is 0 Å². The molecule has 3 nitrogen and oxygen atoms in total. The van der Waals surface area contributed by atoms with E-state index in [4.69, 9.17) is 11.5 Å². The zero-order valence-corrected chi connectivity index (χ0v) is 6.28. The van der Waals surface area contributed by atoms with Gasteiger partial charge in [-0.05, 0) is 0 Å². The van der Waals surface area contributed by atoms with Crippen LogP contribution in [0.2, 0.25) is 0 Å². The van der Waals surface area contributed by atoms with E-state index in [1.165, 1.54) is 18.7 Å². The van der Waals surface area contributed by atoms with Crippen LogP contribution in [-0.4, -0.2) is 23.5 Å². The van der Waals surface area contributed by atoms with Crippen LogP contribution in [0.25, 0.3) is 0 Å². The zero-order valence-electron chi connectivity index (χ0n) is 5.46. The third-order valence-corrected chi connectivity index (χ3v) is 1.91. The van der Waals surface area contributed by atoms with Crippen molar-refractivity contribution in [2.75, 3.05) is 13.1 Å². The molecule has 0 saturated carbocycles. The number of rotatable bonds is 3. The van der Waals surface area contributed by atoms with Crippen LogP contribution in [0.5, 0.6) is 0 Å². The van der Waals surface area contributed by atoms with Crippen LogP contribution in [-0.2, 0) is 4.79 Å². The fourth-order valence-electron chi connectivity index (χ4n) is 0.427. The normalized spacial score (nSPS) is 10.2. The van der Waals surface area contributed by atoms with E-state index < -0.39 is 0 Å². The van der Waals surface area contributed by atoms with Gasteiger partial charge in [0.25, 0.3) is 0 Å². The summed E-state index contributed by atoms with van der Waals surface area (Å²) in [5.41, 5.74) is 10.6. The molecule has 0 aliphatic rings. The molecule has 4 heteroatoms. The minimum absolute atomic E-state index is 0.0795. The van der Waals surface area contributed by atoms with Gasteiger partial charge in [-0.25, -0.2) is 0 Å². The SMILES string of the molecule is CC(=O)SC(CN)CN. The fourth-order valence-corrected chi connectivity index (χ4v) is 1.09. The van der Waals surface area contributed by atoms with Gasteiger partial charge in [0, 0.05) is 25.3 Å². The van der Waals surface area contributed by atoms with Crippen molar-refractivity contribution in [3.63, 3.8) is 0 Å². The van der Waals surface area contributed by atoms with Gasteiger partial charge in [0.05, 0.1) is 0 Å². The summed E-state index contributed by atoms with van der Waals surface area (Å²) in [5, 5.41) is 0.179. The summed E-state index contributed by atoms with van der Waals surface area (Å²) in [6.45, 7) is 2.46. The van der Waals surface area contributed by atoms with E-state index in [0.717, 1.165) is 0 Å². The van der Waals surface area contributed by atoms with E-state index in [0.29, 0.717) is 13.1 Å². The Labute approximate surface area is 59.2 Å². The topological polar surface area (TPSA) is 69.1 Å². The molecule has 0 spiro atoms. The van der Waals surface area contributed by atoms with Crippen LogP contribution in [0.4, 0.5) is 0 Å². The molecule has 0 heterocycles. The number of carbonyl (C=O) groups is 1. The standard InChI is InChI=1S/C5H12N2OS/c1-4(8)9-5(2-6)3-7/h5H,2-3,6-7H2,1H3. The Morgan fingerprint density at radius 1 is 1.56 bits per heavy atom. The first kappa shape index (κ1) is 8.94. The lowest BCUT2D eigenvalue weighted by Crippen LogP contribution is -2.26. The molecule has 0 rings (SSSR count). The van der Waals surface area contributed by atoms with Crippen LogP contribution in [0.3, 0.4) is 0 Å². The van der Waals surface area contributed by atoms with E-state index >= 15 is 0 Å². The molecule has 0 amide bonds. The highest BCUT2D eigenvalue weighted by Gasteiger charge is 2.06. The maximum atomic E-state index is 10.4. The Bertz CT molecular complexity index is 93.0. The Morgan fingerprint density at radius 2 is 2.00 bits per heavy atom. The van der Waals surface area contributed by atoms with Crippen molar-refractivity contribution in [1.82, 2.24) is 0 Å². The number of hydrogen-bond acceptors (Lipinski definition) is 4. The molecule has 0 unspecified atom stereocenters. The predicted octanol–water partition coefficient (Wildman–Crippen LogP) is -0.448. The summed E-state index contributed by atoms with van der Waals surface area (Å²) in [7, 11) is 0. The minimum Gasteiger partial charge on any atom is -0.329 e. The van der Waals surface area contributed by atoms with Gasteiger partial charge >= 0.3 is 0 Å². The molecule has 9 heavy (non-hydrogen) atoms. The average Bonchev–Trinajstić information content (AvgIpc) is 1.82. The lowest BCUT2D eigenvalue weighted by molar-refractivity contribution is -0.109. The van der Waals surface area contributed by atoms with Crippen LogP contribution in [0.15, 0.2) is 0 Å². The first-order valence-electron chi connectivity index (χ1n) is 2.78. The van der Waals surface area contributed by atoms with Crippen molar-refractivity contribution in [3.8, 4) is 0 Å². The minimum atomic E-state index is 0.0795. The number of hydrogen-bond donors (Lipinski definition) is 2. The molecular weight excluding hydrogens is 136 g/mol. The highest BCUT2D eigenvalue weighted by molar-refractivity contribution is 8.14. The lowest BCUT2D eigenvalue weighted by Gasteiger charge is -2.06. The van der Waals surface area contributed by atoms with E-state index in [-0.39, 0.29) is 10.4 Å². The zero-order chi connectivity index (χ0) is 7.28. The molecule has 4 N–H and O–H groups in total. The van der Waals surface area contributed by atoms with Gasteiger partial charge in [0.1, 0.15) is 0 Å². The van der Waals surface area contributed by atoms with Gasteiger partial charge in [0.2, 0.25) is 0 Å². The summed E-state index contributed by atoms with van der Waals surface area (Å²) in [5.74, 6) is 0.